The SMILES string of the molecule is O=S(=O)(O)c1ccc2oc(-c3ccccc3)nc2c1. The Labute approximate surface area is 109 Å². The fourth-order valence-electron chi connectivity index (χ4n) is 1.77. The summed E-state index contributed by atoms with van der Waals surface area (Å²) < 4.78 is 36.6. The van der Waals surface area contributed by atoms with Gasteiger partial charge in [0.2, 0.25) is 5.89 Å². The van der Waals surface area contributed by atoms with Gasteiger partial charge in [0.05, 0.1) is 4.90 Å². The van der Waals surface area contributed by atoms with E-state index < -0.39 is 10.1 Å². The summed E-state index contributed by atoms with van der Waals surface area (Å²) >= 11 is 0. The molecule has 1 heterocycles. The zero-order valence-corrected chi connectivity index (χ0v) is 10.5. The maximum Gasteiger partial charge on any atom is 0.294 e. The number of benzene rings is 2. The molecule has 1 N–H and O–H groups in total. The van der Waals surface area contributed by atoms with E-state index in [1.165, 1.54) is 18.2 Å². The highest BCUT2D eigenvalue weighted by molar-refractivity contribution is 7.85. The Morgan fingerprint density at radius 1 is 1.05 bits per heavy atom. The Hall–Kier alpha value is -2.18. The largest absolute Gasteiger partial charge is 0.436 e. The molecule has 1 aromatic heterocycles. The highest BCUT2D eigenvalue weighted by Crippen LogP contribution is 2.25. The highest BCUT2D eigenvalue weighted by Gasteiger charge is 2.13. The van der Waals surface area contributed by atoms with Gasteiger partial charge in [-0.05, 0) is 30.3 Å². The van der Waals surface area contributed by atoms with Crippen LogP contribution in [-0.2, 0) is 10.1 Å². The van der Waals surface area contributed by atoms with Gasteiger partial charge in [0.25, 0.3) is 10.1 Å². The topological polar surface area (TPSA) is 80.4 Å². The van der Waals surface area contributed by atoms with Crippen molar-refractivity contribution in [3.8, 4) is 11.5 Å². The van der Waals surface area contributed by atoms with Crippen molar-refractivity contribution >= 4 is 21.2 Å². The number of hydrogen-bond acceptors (Lipinski definition) is 4. The van der Waals surface area contributed by atoms with Crippen LogP contribution in [0.2, 0.25) is 0 Å². The molecule has 0 aliphatic heterocycles. The highest BCUT2D eigenvalue weighted by atomic mass is 32.2. The molecule has 2 aromatic carbocycles. The molecule has 5 nitrogen and oxygen atoms in total. The lowest BCUT2D eigenvalue weighted by atomic mass is 10.2. The Bertz CT molecular complexity index is 837. The molecule has 0 amide bonds. The van der Waals surface area contributed by atoms with Crippen molar-refractivity contribution in [1.29, 1.82) is 0 Å². The first kappa shape index (κ1) is 11.9. The Kier molecular flexibility index (Phi) is 2.62. The van der Waals surface area contributed by atoms with E-state index in [4.69, 9.17) is 8.97 Å². The van der Waals surface area contributed by atoms with E-state index in [1.807, 2.05) is 30.3 Å². The van der Waals surface area contributed by atoms with Gasteiger partial charge in [-0.15, -0.1) is 0 Å². The summed E-state index contributed by atoms with van der Waals surface area (Å²) in [4.78, 5) is 4.01. The number of aromatic nitrogens is 1. The lowest BCUT2D eigenvalue weighted by Crippen LogP contribution is -1.97. The van der Waals surface area contributed by atoms with Crippen molar-refractivity contribution in [2.24, 2.45) is 0 Å². The van der Waals surface area contributed by atoms with Gasteiger partial charge in [-0.2, -0.15) is 8.42 Å². The molecule has 0 fully saturated rings. The van der Waals surface area contributed by atoms with Gasteiger partial charge >= 0.3 is 0 Å². The minimum absolute atomic E-state index is 0.201. The molecule has 19 heavy (non-hydrogen) atoms. The number of fused-ring (bicyclic) bond motifs is 1. The number of oxazole rings is 1. The Morgan fingerprint density at radius 3 is 2.47 bits per heavy atom. The minimum atomic E-state index is -4.23. The van der Waals surface area contributed by atoms with Crippen LogP contribution < -0.4 is 0 Å². The van der Waals surface area contributed by atoms with Gasteiger partial charge in [0.15, 0.2) is 5.58 Å². The van der Waals surface area contributed by atoms with Crippen LogP contribution in [0, 0.1) is 0 Å². The third-order valence-corrected chi connectivity index (χ3v) is 3.53. The number of nitrogens with zero attached hydrogens (tertiary/aromatic N) is 1. The molecule has 0 aliphatic carbocycles. The second-order valence-electron chi connectivity index (χ2n) is 3.99. The summed E-state index contributed by atoms with van der Waals surface area (Å²) in [7, 11) is -4.23. The molecule has 0 saturated carbocycles. The standard InChI is InChI=1S/C13H9NO4S/c15-19(16,17)10-6-7-12-11(8-10)14-13(18-12)9-4-2-1-3-5-9/h1-8H,(H,15,16,17). The van der Waals surface area contributed by atoms with Gasteiger partial charge in [-0.3, -0.25) is 4.55 Å². The van der Waals surface area contributed by atoms with Gasteiger partial charge in [-0.1, -0.05) is 18.2 Å². The predicted molar refractivity (Wildman–Crippen MR) is 69.3 cm³/mol. The summed E-state index contributed by atoms with van der Waals surface area (Å²) in [6.07, 6.45) is 0. The van der Waals surface area contributed by atoms with Crippen LogP contribution in [0.3, 0.4) is 0 Å². The third-order valence-electron chi connectivity index (χ3n) is 2.68. The lowest BCUT2D eigenvalue weighted by molar-refractivity contribution is 0.483. The first-order chi connectivity index (χ1) is 9.04. The predicted octanol–water partition coefficient (Wildman–Crippen LogP) is 2.74. The first-order valence-electron chi connectivity index (χ1n) is 5.47. The molecule has 0 atom stereocenters. The molecule has 6 heteroatoms. The third kappa shape index (κ3) is 2.23. The van der Waals surface area contributed by atoms with E-state index in [0.717, 1.165) is 5.56 Å². The molecule has 0 bridgehead atoms. The molecular formula is C13H9NO4S. The fourth-order valence-corrected chi connectivity index (χ4v) is 2.27. The molecular weight excluding hydrogens is 266 g/mol. The van der Waals surface area contributed by atoms with Crippen LogP contribution in [0.5, 0.6) is 0 Å². The monoisotopic (exact) mass is 275 g/mol. The summed E-state index contributed by atoms with van der Waals surface area (Å²) in [6, 6.07) is 13.3. The van der Waals surface area contributed by atoms with Gasteiger partial charge in [0, 0.05) is 5.56 Å². The molecule has 3 rings (SSSR count). The van der Waals surface area contributed by atoms with Crippen molar-refractivity contribution in [2.45, 2.75) is 4.90 Å². The summed E-state index contributed by atoms with van der Waals surface area (Å²) in [5.74, 6) is 0.406. The van der Waals surface area contributed by atoms with Gasteiger partial charge in [0.1, 0.15) is 5.52 Å². The van der Waals surface area contributed by atoms with Gasteiger partial charge in [-0.25, -0.2) is 4.98 Å². The van der Waals surface area contributed by atoms with Crippen molar-refractivity contribution in [1.82, 2.24) is 4.98 Å². The maximum atomic E-state index is 11.1. The fraction of sp³-hybridized carbons (Fsp3) is 0. The van der Waals surface area contributed by atoms with Crippen LogP contribution in [0.25, 0.3) is 22.6 Å². The molecule has 0 spiro atoms. The van der Waals surface area contributed by atoms with E-state index in [9.17, 15) is 8.42 Å². The molecule has 0 saturated heterocycles. The Balaban J connectivity index is 2.17. The second kappa shape index (κ2) is 4.18. The summed E-state index contributed by atoms with van der Waals surface area (Å²) in [5.41, 5.74) is 1.65. The van der Waals surface area contributed by atoms with Crippen LogP contribution >= 0.6 is 0 Å². The normalized spacial score (nSPS) is 11.8. The smallest absolute Gasteiger partial charge is 0.294 e. The van der Waals surface area contributed by atoms with Crippen molar-refractivity contribution in [3.63, 3.8) is 0 Å². The van der Waals surface area contributed by atoms with E-state index >= 15 is 0 Å². The van der Waals surface area contributed by atoms with E-state index in [1.54, 1.807) is 0 Å². The molecule has 3 aromatic rings. The molecule has 0 aliphatic rings. The van der Waals surface area contributed by atoms with E-state index in [-0.39, 0.29) is 4.90 Å². The molecule has 0 unspecified atom stereocenters. The van der Waals surface area contributed by atoms with Crippen LogP contribution in [0.15, 0.2) is 57.8 Å². The van der Waals surface area contributed by atoms with Crippen molar-refractivity contribution in [2.75, 3.05) is 0 Å². The summed E-state index contributed by atoms with van der Waals surface area (Å²) in [6.45, 7) is 0. The van der Waals surface area contributed by atoms with E-state index in [0.29, 0.717) is 17.0 Å². The molecule has 96 valence electrons. The number of rotatable bonds is 2. The quantitative estimate of drug-likeness (QED) is 0.727. The van der Waals surface area contributed by atoms with Crippen LogP contribution in [-0.4, -0.2) is 18.0 Å². The minimum Gasteiger partial charge on any atom is -0.436 e. The van der Waals surface area contributed by atoms with Crippen molar-refractivity contribution < 1.29 is 17.4 Å². The Morgan fingerprint density at radius 2 is 1.79 bits per heavy atom. The number of hydrogen-bond donors (Lipinski definition) is 1. The van der Waals surface area contributed by atoms with Crippen molar-refractivity contribution in [3.05, 3.63) is 48.5 Å². The zero-order valence-electron chi connectivity index (χ0n) is 9.65. The van der Waals surface area contributed by atoms with Crippen LogP contribution in [0.1, 0.15) is 0 Å². The zero-order chi connectivity index (χ0) is 13.5. The second-order valence-corrected chi connectivity index (χ2v) is 5.41. The average molecular weight is 275 g/mol. The van der Waals surface area contributed by atoms with Crippen LogP contribution in [0.4, 0.5) is 0 Å². The van der Waals surface area contributed by atoms with Gasteiger partial charge < -0.3 is 4.42 Å². The van der Waals surface area contributed by atoms with E-state index in [2.05, 4.69) is 4.98 Å². The average Bonchev–Trinajstić information content (AvgIpc) is 2.81. The first-order valence-corrected chi connectivity index (χ1v) is 6.91. The molecule has 0 radical (unpaired) electrons. The summed E-state index contributed by atoms with van der Waals surface area (Å²) in [5, 5.41) is 0. The lowest BCUT2D eigenvalue weighted by Gasteiger charge is -1.94. The maximum absolute atomic E-state index is 11.1.